The Kier molecular flexibility index (Phi) is 6.57. The summed E-state index contributed by atoms with van der Waals surface area (Å²) in [5.41, 5.74) is 4.46. The van der Waals surface area contributed by atoms with Crippen LogP contribution in [-0.2, 0) is 9.53 Å². The maximum absolute atomic E-state index is 11.5. The number of nitrogens with one attached hydrogen (secondary N) is 3. The topological polar surface area (TPSA) is 79.5 Å². The number of hydrogen-bond acceptors (Lipinski definition) is 4. The van der Waals surface area contributed by atoms with Crippen molar-refractivity contribution >= 4 is 12.0 Å². The molecule has 0 aromatic rings. The maximum Gasteiger partial charge on any atom is 0.407 e. The van der Waals surface area contributed by atoms with Crippen molar-refractivity contribution in [3.63, 3.8) is 0 Å². The SMILES string of the molecule is CCC(CC(=O)NNC)NC(=O)OC(C)(C)C. The van der Waals surface area contributed by atoms with Crippen molar-refractivity contribution in [1.82, 2.24) is 16.2 Å². The molecule has 6 nitrogen and oxygen atoms in total. The summed E-state index contributed by atoms with van der Waals surface area (Å²) in [6.07, 6.45) is 0.383. The van der Waals surface area contributed by atoms with Crippen LogP contribution in [0.4, 0.5) is 4.79 Å². The van der Waals surface area contributed by atoms with Crippen LogP contribution in [-0.4, -0.2) is 30.7 Å². The molecule has 2 amide bonds. The molecular formula is C11H23N3O3. The molecule has 0 saturated heterocycles. The molecule has 0 aliphatic carbocycles. The van der Waals surface area contributed by atoms with Gasteiger partial charge in [0.25, 0.3) is 0 Å². The summed E-state index contributed by atoms with van der Waals surface area (Å²) in [7, 11) is 1.61. The summed E-state index contributed by atoms with van der Waals surface area (Å²) in [4.78, 5) is 22.8. The van der Waals surface area contributed by atoms with Gasteiger partial charge >= 0.3 is 6.09 Å². The Labute approximate surface area is 102 Å². The predicted molar refractivity (Wildman–Crippen MR) is 65.3 cm³/mol. The van der Waals surface area contributed by atoms with E-state index in [0.29, 0.717) is 6.42 Å². The molecule has 0 aromatic heterocycles. The van der Waals surface area contributed by atoms with E-state index in [1.54, 1.807) is 27.8 Å². The van der Waals surface area contributed by atoms with Gasteiger partial charge in [-0.25, -0.2) is 10.2 Å². The van der Waals surface area contributed by atoms with E-state index in [1.165, 1.54) is 0 Å². The first-order valence-corrected chi connectivity index (χ1v) is 5.73. The van der Waals surface area contributed by atoms with Gasteiger partial charge in [-0.05, 0) is 27.2 Å². The second kappa shape index (κ2) is 7.11. The Bertz CT molecular complexity index is 261. The van der Waals surface area contributed by atoms with Crippen molar-refractivity contribution in [3.05, 3.63) is 0 Å². The van der Waals surface area contributed by atoms with E-state index in [-0.39, 0.29) is 18.4 Å². The normalized spacial score (nSPS) is 12.8. The van der Waals surface area contributed by atoms with Crippen LogP contribution in [0.1, 0.15) is 40.5 Å². The molecule has 1 unspecified atom stereocenters. The van der Waals surface area contributed by atoms with Crippen LogP contribution in [0, 0.1) is 0 Å². The molecule has 6 heteroatoms. The number of amides is 2. The highest BCUT2D eigenvalue weighted by molar-refractivity contribution is 5.77. The molecule has 0 fully saturated rings. The Morgan fingerprint density at radius 3 is 2.29 bits per heavy atom. The van der Waals surface area contributed by atoms with E-state index in [4.69, 9.17) is 4.74 Å². The van der Waals surface area contributed by atoms with Crippen molar-refractivity contribution in [2.45, 2.75) is 52.2 Å². The first-order chi connectivity index (χ1) is 7.78. The van der Waals surface area contributed by atoms with Crippen LogP contribution in [0.3, 0.4) is 0 Å². The van der Waals surface area contributed by atoms with Gasteiger partial charge in [0.15, 0.2) is 0 Å². The Morgan fingerprint density at radius 2 is 1.88 bits per heavy atom. The lowest BCUT2D eigenvalue weighted by Crippen LogP contribution is -2.43. The lowest BCUT2D eigenvalue weighted by Gasteiger charge is -2.22. The van der Waals surface area contributed by atoms with Gasteiger partial charge in [0, 0.05) is 19.5 Å². The fraction of sp³-hybridized carbons (Fsp3) is 0.818. The van der Waals surface area contributed by atoms with Gasteiger partial charge in [-0.3, -0.25) is 10.2 Å². The van der Waals surface area contributed by atoms with Crippen LogP contribution >= 0.6 is 0 Å². The number of rotatable bonds is 5. The number of hydrogen-bond donors (Lipinski definition) is 3. The van der Waals surface area contributed by atoms with E-state index in [1.807, 2.05) is 6.92 Å². The summed E-state index contributed by atoms with van der Waals surface area (Å²) >= 11 is 0. The van der Waals surface area contributed by atoms with Gasteiger partial charge in [0.2, 0.25) is 5.91 Å². The average molecular weight is 245 g/mol. The van der Waals surface area contributed by atoms with Crippen molar-refractivity contribution in [2.24, 2.45) is 0 Å². The number of carbonyl (C=O) groups excluding carboxylic acids is 2. The van der Waals surface area contributed by atoms with Gasteiger partial charge in [-0.2, -0.15) is 0 Å². The smallest absolute Gasteiger partial charge is 0.407 e. The molecule has 1 atom stereocenters. The second-order valence-electron chi connectivity index (χ2n) is 4.75. The number of carbonyl (C=O) groups is 2. The van der Waals surface area contributed by atoms with Gasteiger partial charge in [0.05, 0.1) is 0 Å². The zero-order valence-corrected chi connectivity index (χ0v) is 11.2. The van der Waals surface area contributed by atoms with Crippen molar-refractivity contribution in [2.75, 3.05) is 7.05 Å². The largest absolute Gasteiger partial charge is 0.444 e. The summed E-state index contributed by atoms with van der Waals surface area (Å²) < 4.78 is 5.11. The predicted octanol–water partition coefficient (Wildman–Crippen LogP) is 0.930. The minimum atomic E-state index is -0.532. The molecule has 0 spiro atoms. The highest BCUT2D eigenvalue weighted by Gasteiger charge is 2.20. The molecule has 0 aliphatic rings. The summed E-state index contributed by atoms with van der Waals surface area (Å²) in [5, 5.41) is 2.66. The first kappa shape index (κ1) is 15.7. The molecule has 3 N–H and O–H groups in total. The number of alkyl carbamates (subject to hydrolysis) is 1. The molecule has 0 aromatic carbocycles. The third kappa shape index (κ3) is 8.50. The van der Waals surface area contributed by atoms with E-state index in [2.05, 4.69) is 16.2 Å². The quantitative estimate of drug-likeness (QED) is 0.630. The van der Waals surface area contributed by atoms with Gasteiger partial charge in [0.1, 0.15) is 5.60 Å². The summed E-state index contributed by atoms with van der Waals surface area (Å²) in [5.74, 6) is -0.171. The van der Waals surface area contributed by atoms with Gasteiger partial charge in [-0.15, -0.1) is 0 Å². The van der Waals surface area contributed by atoms with Crippen LogP contribution in [0.15, 0.2) is 0 Å². The minimum Gasteiger partial charge on any atom is -0.444 e. The molecule has 17 heavy (non-hydrogen) atoms. The number of ether oxygens (including phenoxy) is 1. The molecule has 0 saturated carbocycles. The van der Waals surface area contributed by atoms with E-state index >= 15 is 0 Å². The third-order valence-corrected chi connectivity index (χ3v) is 1.91. The van der Waals surface area contributed by atoms with Crippen LogP contribution in [0.2, 0.25) is 0 Å². The Morgan fingerprint density at radius 1 is 1.29 bits per heavy atom. The summed E-state index contributed by atoms with van der Waals surface area (Å²) in [6, 6.07) is -0.224. The lowest BCUT2D eigenvalue weighted by atomic mass is 10.1. The molecule has 0 bridgehead atoms. The zero-order valence-electron chi connectivity index (χ0n) is 11.2. The monoisotopic (exact) mass is 245 g/mol. The molecule has 0 aliphatic heterocycles. The summed E-state index contributed by atoms with van der Waals surface area (Å²) in [6.45, 7) is 7.28. The fourth-order valence-electron chi connectivity index (χ4n) is 1.19. The van der Waals surface area contributed by atoms with Crippen LogP contribution in [0.25, 0.3) is 0 Å². The third-order valence-electron chi connectivity index (χ3n) is 1.91. The molecule has 0 rings (SSSR count). The van der Waals surface area contributed by atoms with E-state index in [9.17, 15) is 9.59 Å². The first-order valence-electron chi connectivity index (χ1n) is 5.73. The standard InChI is InChI=1S/C11H23N3O3/c1-6-8(7-9(15)14-12-5)13-10(16)17-11(2,3)4/h8,12H,6-7H2,1-5H3,(H,13,16)(H,14,15). The highest BCUT2D eigenvalue weighted by Crippen LogP contribution is 2.07. The second-order valence-corrected chi connectivity index (χ2v) is 4.75. The van der Waals surface area contributed by atoms with E-state index in [0.717, 1.165) is 0 Å². The average Bonchev–Trinajstić information content (AvgIpc) is 2.13. The Balaban J connectivity index is 4.13. The molecule has 0 heterocycles. The van der Waals surface area contributed by atoms with Crippen LogP contribution < -0.4 is 16.2 Å². The Hall–Kier alpha value is -1.30. The zero-order chi connectivity index (χ0) is 13.5. The van der Waals surface area contributed by atoms with Crippen molar-refractivity contribution < 1.29 is 14.3 Å². The van der Waals surface area contributed by atoms with Gasteiger partial charge in [-0.1, -0.05) is 6.92 Å². The molecule has 100 valence electrons. The minimum absolute atomic E-state index is 0.171. The maximum atomic E-state index is 11.5. The highest BCUT2D eigenvalue weighted by atomic mass is 16.6. The molecule has 0 radical (unpaired) electrons. The lowest BCUT2D eigenvalue weighted by molar-refractivity contribution is -0.122. The van der Waals surface area contributed by atoms with Crippen molar-refractivity contribution in [1.29, 1.82) is 0 Å². The van der Waals surface area contributed by atoms with Crippen molar-refractivity contribution in [3.8, 4) is 0 Å². The van der Waals surface area contributed by atoms with E-state index < -0.39 is 11.7 Å². The van der Waals surface area contributed by atoms with Crippen LogP contribution in [0.5, 0.6) is 0 Å². The van der Waals surface area contributed by atoms with Gasteiger partial charge < -0.3 is 10.1 Å². The fourth-order valence-corrected chi connectivity index (χ4v) is 1.19. The number of hydrazine groups is 1. The molecular weight excluding hydrogens is 222 g/mol.